The zero-order chi connectivity index (χ0) is 16.6. The summed E-state index contributed by atoms with van der Waals surface area (Å²) in [4.78, 5) is 39.9. The first-order chi connectivity index (χ1) is 11.0. The molecular weight excluding hydrogens is 296 g/mol. The number of rotatable bonds is 3. The molecule has 1 saturated heterocycles. The third kappa shape index (κ3) is 2.86. The van der Waals surface area contributed by atoms with Gasteiger partial charge in [0.25, 0.3) is 11.8 Å². The lowest BCUT2D eigenvalue weighted by Crippen LogP contribution is -2.46. The first-order valence-corrected chi connectivity index (χ1v) is 7.78. The fourth-order valence-corrected chi connectivity index (χ4v) is 3.12. The Morgan fingerprint density at radius 3 is 2.48 bits per heavy atom. The molecule has 2 aliphatic heterocycles. The van der Waals surface area contributed by atoms with Crippen molar-refractivity contribution in [2.45, 2.75) is 25.9 Å². The highest BCUT2D eigenvalue weighted by atomic mass is 16.5. The number of fused-ring (bicyclic) bond motifs is 1. The van der Waals surface area contributed by atoms with Gasteiger partial charge in [0.1, 0.15) is 6.54 Å². The summed E-state index contributed by atoms with van der Waals surface area (Å²) in [6, 6.07) is 5.15. The maximum absolute atomic E-state index is 12.4. The number of carbonyl (C=O) groups is 3. The smallest absolute Gasteiger partial charge is 0.262 e. The second-order valence-corrected chi connectivity index (χ2v) is 6.06. The highest BCUT2D eigenvalue weighted by Gasteiger charge is 2.37. The maximum atomic E-state index is 12.4. The Kier molecular flexibility index (Phi) is 4.17. The van der Waals surface area contributed by atoms with Gasteiger partial charge in [-0.15, -0.1) is 0 Å². The zero-order valence-corrected chi connectivity index (χ0v) is 13.4. The van der Waals surface area contributed by atoms with Crippen LogP contribution in [0, 0.1) is 6.92 Å². The number of nitrogens with zero attached hydrogens (tertiary/aromatic N) is 2. The Morgan fingerprint density at radius 2 is 1.83 bits per heavy atom. The van der Waals surface area contributed by atoms with E-state index in [1.165, 1.54) is 0 Å². The van der Waals surface area contributed by atoms with E-state index in [0.29, 0.717) is 24.2 Å². The number of imide groups is 1. The van der Waals surface area contributed by atoms with Crippen LogP contribution in [0.4, 0.5) is 0 Å². The van der Waals surface area contributed by atoms with Crippen molar-refractivity contribution in [2.24, 2.45) is 0 Å². The molecular formula is C17H20N2O4. The number of ether oxygens (including phenoxy) is 1. The molecule has 0 aliphatic carbocycles. The molecule has 3 rings (SSSR count). The minimum absolute atomic E-state index is 0.182. The predicted molar refractivity (Wildman–Crippen MR) is 83.2 cm³/mol. The van der Waals surface area contributed by atoms with E-state index in [1.807, 2.05) is 6.92 Å². The molecule has 23 heavy (non-hydrogen) atoms. The Morgan fingerprint density at radius 1 is 1.17 bits per heavy atom. The van der Waals surface area contributed by atoms with Gasteiger partial charge in [0.2, 0.25) is 5.91 Å². The molecule has 0 saturated carbocycles. The third-order valence-corrected chi connectivity index (χ3v) is 4.55. The summed E-state index contributed by atoms with van der Waals surface area (Å²) in [5, 5.41) is 0. The van der Waals surface area contributed by atoms with Gasteiger partial charge in [0.05, 0.1) is 17.2 Å². The maximum Gasteiger partial charge on any atom is 0.262 e. The molecule has 122 valence electrons. The van der Waals surface area contributed by atoms with Crippen LogP contribution in [-0.4, -0.2) is 60.4 Å². The van der Waals surface area contributed by atoms with Gasteiger partial charge in [-0.3, -0.25) is 19.3 Å². The zero-order valence-electron chi connectivity index (χ0n) is 13.4. The number of likely N-dealkylation sites (tertiary alicyclic amines) is 1. The monoisotopic (exact) mass is 316 g/mol. The van der Waals surface area contributed by atoms with E-state index < -0.39 is 0 Å². The second-order valence-electron chi connectivity index (χ2n) is 6.06. The van der Waals surface area contributed by atoms with Crippen LogP contribution >= 0.6 is 0 Å². The fourth-order valence-electron chi connectivity index (χ4n) is 3.12. The largest absolute Gasteiger partial charge is 0.381 e. The Hall–Kier alpha value is -2.21. The summed E-state index contributed by atoms with van der Waals surface area (Å²) in [6.07, 6.45) is 1.74. The van der Waals surface area contributed by atoms with E-state index in [9.17, 15) is 14.4 Å². The van der Waals surface area contributed by atoms with Crippen molar-refractivity contribution in [1.29, 1.82) is 0 Å². The molecule has 0 spiro atoms. The van der Waals surface area contributed by atoms with Gasteiger partial charge >= 0.3 is 0 Å². The number of aryl methyl sites for hydroxylation is 1. The normalized spacial score (nSPS) is 18.5. The van der Waals surface area contributed by atoms with Gasteiger partial charge in [0, 0.05) is 20.2 Å². The molecule has 2 heterocycles. The van der Waals surface area contributed by atoms with Crippen LogP contribution in [0.15, 0.2) is 18.2 Å². The van der Waals surface area contributed by atoms with Gasteiger partial charge in [-0.2, -0.15) is 0 Å². The van der Waals surface area contributed by atoms with Crippen molar-refractivity contribution in [3.63, 3.8) is 0 Å². The summed E-state index contributed by atoms with van der Waals surface area (Å²) in [5.74, 6) is -0.954. The standard InChI is InChI=1S/C17H20N2O4/c1-11-3-4-13-14(9-11)17(22)19(16(13)21)10-15(20)18-7-5-12(23-2)6-8-18/h3-4,9,12H,5-8,10H2,1-2H3. The number of hydrogen-bond donors (Lipinski definition) is 0. The predicted octanol–water partition coefficient (Wildman–Crippen LogP) is 1.23. The highest BCUT2D eigenvalue weighted by Crippen LogP contribution is 2.24. The van der Waals surface area contributed by atoms with Crippen molar-refractivity contribution >= 4 is 17.7 Å². The van der Waals surface area contributed by atoms with Gasteiger partial charge in [0.15, 0.2) is 0 Å². The summed E-state index contributed by atoms with van der Waals surface area (Å²) in [6.45, 7) is 2.87. The quantitative estimate of drug-likeness (QED) is 0.787. The van der Waals surface area contributed by atoms with E-state index in [4.69, 9.17) is 4.74 Å². The summed E-state index contributed by atoms with van der Waals surface area (Å²) in [5.41, 5.74) is 1.69. The van der Waals surface area contributed by atoms with E-state index in [2.05, 4.69) is 0 Å². The Bertz CT molecular complexity index is 663. The van der Waals surface area contributed by atoms with E-state index >= 15 is 0 Å². The van der Waals surface area contributed by atoms with Crippen molar-refractivity contribution in [3.8, 4) is 0 Å². The molecule has 6 nitrogen and oxygen atoms in total. The molecule has 2 aliphatic rings. The van der Waals surface area contributed by atoms with E-state index in [-0.39, 0.29) is 30.4 Å². The number of carbonyl (C=O) groups excluding carboxylic acids is 3. The van der Waals surface area contributed by atoms with Crippen LogP contribution in [0.1, 0.15) is 39.1 Å². The number of methoxy groups -OCH3 is 1. The summed E-state index contributed by atoms with van der Waals surface area (Å²) < 4.78 is 5.28. The molecule has 0 bridgehead atoms. The first kappa shape index (κ1) is 15.7. The molecule has 3 amide bonds. The van der Waals surface area contributed by atoms with E-state index in [1.54, 1.807) is 30.2 Å². The SMILES string of the molecule is COC1CCN(C(=O)CN2C(=O)c3ccc(C)cc3C2=O)CC1. The lowest BCUT2D eigenvalue weighted by molar-refractivity contribution is -0.133. The van der Waals surface area contributed by atoms with Gasteiger partial charge in [-0.1, -0.05) is 11.6 Å². The lowest BCUT2D eigenvalue weighted by Gasteiger charge is -2.32. The van der Waals surface area contributed by atoms with E-state index in [0.717, 1.165) is 23.3 Å². The number of piperidine rings is 1. The summed E-state index contributed by atoms with van der Waals surface area (Å²) in [7, 11) is 1.67. The minimum Gasteiger partial charge on any atom is -0.381 e. The van der Waals surface area contributed by atoms with Crippen LogP contribution < -0.4 is 0 Å². The number of benzene rings is 1. The average molecular weight is 316 g/mol. The van der Waals surface area contributed by atoms with Crippen LogP contribution in [0.3, 0.4) is 0 Å². The van der Waals surface area contributed by atoms with Gasteiger partial charge in [-0.25, -0.2) is 0 Å². The highest BCUT2D eigenvalue weighted by molar-refractivity contribution is 6.22. The molecule has 6 heteroatoms. The molecule has 1 aromatic rings. The first-order valence-electron chi connectivity index (χ1n) is 7.78. The van der Waals surface area contributed by atoms with Crippen LogP contribution in [0.25, 0.3) is 0 Å². The Balaban J connectivity index is 1.68. The van der Waals surface area contributed by atoms with Gasteiger partial charge < -0.3 is 9.64 Å². The number of hydrogen-bond acceptors (Lipinski definition) is 4. The molecule has 1 aromatic carbocycles. The molecule has 0 atom stereocenters. The van der Waals surface area contributed by atoms with Gasteiger partial charge in [-0.05, 0) is 31.9 Å². The second kappa shape index (κ2) is 6.12. The Labute approximate surface area is 135 Å². The summed E-state index contributed by atoms with van der Waals surface area (Å²) >= 11 is 0. The molecule has 1 fully saturated rings. The van der Waals surface area contributed by atoms with Crippen molar-refractivity contribution in [2.75, 3.05) is 26.7 Å². The fraction of sp³-hybridized carbons (Fsp3) is 0.471. The average Bonchev–Trinajstić information content (AvgIpc) is 2.79. The molecule has 0 N–H and O–H groups in total. The van der Waals surface area contributed by atoms with Crippen LogP contribution in [-0.2, 0) is 9.53 Å². The molecule has 0 aromatic heterocycles. The molecule has 0 unspecified atom stereocenters. The lowest BCUT2D eigenvalue weighted by atomic mass is 10.1. The van der Waals surface area contributed by atoms with Crippen LogP contribution in [0.2, 0.25) is 0 Å². The molecule has 0 radical (unpaired) electrons. The minimum atomic E-state index is -0.384. The number of amides is 3. The topological polar surface area (TPSA) is 66.9 Å². The van der Waals surface area contributed by atoms with Crippen LogP contribution in [0.5, 0.6) is 0 Å². The van der Waals surface area contributed by atoms with Crippen molar-refractivity contribution < 1.29 is 19.1 Å². The van der Waals surface area contributed by atoms with Crippen molar-refractivity contribution in [3.05, 3.63) is 34.9 Å². The van der Waals surface area contributed by atoms with Crippen molar-refractivity contribution in [1.82, 2.24) is 9.80 Å². The third-order valence-electron chi connectivity index (χ3n) is 4.55.